The fourth-order valence-electron chi connectivity index (χ4n) is 3.21. The number of nitrogens with one attached hydrogen (secondary N) is 1. The number of ether oxygens (including phenoxy) is 2. The molecule has 0 unspecified atom stereocenters. The fraction of sp³-hybridized carbons (Fsp3) is 0.389. The van der Waals surface area contributed by atoms with E-state index in [-0.39, 0.29) is 18.2 Å². The quantitative estimate of drug-likeness (QED) is 0.907. The molecule has 4 rings (SSSR count). The van der Waals surface area contributed by atoms with Crippen molar-refractivity contribution in [1.29, 1.82) is 5.26 Å². The molecule has 2 aromatic heterocycles. The average molecular weight is 337 g/mol. The van der Waals surface area contributed by atoms with E-state index in [1.807, 2.05) is 12.1 Å². The summed E-state index contributed by atoms with van der Waals surface area (Å²) in [6.07, 6.45) is 5.22. The average Bonchev–Trinajstić information content (AvgIpc) is 2.99. The van der Waals surface area contributed by atoms with Crippen LogP contribution in [0, 0.1) is 11.3 Å². The molecule has 2 saturated heterocycles. The highest BCUT2D eigenvalue weighted by molar-refractivity contribution is 5.46. The van der Waals surface area contributed by atoms with Gasteiger partial charge in [0, 0.05) is 31.7 Å². The van der Waals surface area contributed by atoms with Gasteiger partial charge in [-0.25, -0.2) is 4.98 Å². The lowest BCUT2D eigenvalue weighted by Crippen LogP contribution is -2.31. The van der Waals surface area contributed by atoms with Gasteiger partial charge in [0.05, 0.1) is 36.6 Å². The van der Waals surface area contributed by atoms with Gasteiger partial charge < -0.3 is 19.7 Å². The van der Waals surface area contributed by atoms with Gasteiger partial charge in [0.1, 0.15) is 18.0 Å². The Morgan fingerprint density at radius 3 is 2.64 bits per heavy atom. The van der Waals surface area contributed by atoms with Crippen molar-refractivity contribution in [3.8, 4) is 6.07 Å². The fourth-order valence-corrected chi connectivity index (χ4v) is 3.21. The van der Waals surface area contributed by atoms with Gasteiger partial charge >= 0.3 is 0 Å². The molecular weight excluding hydrogens is 318 g/mol. The Balaban J connectivity index is 1.38. The Kier molecular flexibility index (Phi) is 4.46. The third-order valence-corrected chi connectivity index (χ3v) is 4.47. The van der Waals surface area contributed by atoms with Crippen molar-refractivity contribution < 1.29 is 9.47 Å². The summed E-state index contributed by atoms with van der Waals surface area (Å²) < 4.78 is 12.2. The van der Waals surface area contributed by atoms with Crippen LogP contribution in [0.25, 0.3) is 0 Å². The molecule has 2 aromatic rings. The van der Waals surface area contributed by atoms with Gasteiger partial charge in [0.25, 0.3) is 0 Å². The smallest absolute Gasteiger partial charge is 0.129 e. The Labute approximate surface area is 146 Å². The number of nitrogens with zero attached hydrogens (tertiary/aromatic N) is 4. The van der Waals surface area contributed by atoms with Crippen LogP contribution in [0.2, 0.25) is 0 Å². The van der Waals surface area contributed by atoms with Gasteiger partial charge in [0.15, 0.2) is 0 Å². The van der Waals surface area contributed by atoms with Crippen LogP contribution in [-0.4, -0.2) is 54.5 Å². The summed E-state index contributed by atoms with van der Waals surface area (Å²) in [5.74, 6) is 0.796. The lowest BCUT2D eigenvalue weighted by Gasteiger charge is -2.20. The molecule has 0 bridgehead atoms. The summed E-state index contributed by atoms with van der Waals surface area (Å²) in [7, 11) is 0. The van der Waals surface area contributed by atoms with Gasteiger partial charge in [-0.2, -0.15) is 5.26 Å². The first kappa shape index (κ1) is 15.8. The van der Waals surface area contributed by atoms with Crippen molar-refractivity contribution in [1.82, 2.24) is 9.97 Å². The zero-order valence-electron chi connectivity index (χ0n) is 13.7. The van der Waals surface area contributed by atoms with Gasteiger partial charge in [0.2, 0.25) is 0 Å². The zero-order chi connectivity index (χ0) is 17.1. The van der Waals surface area contributed by atoms with E-state index in [4.69, 9.17) is 14.7 Å². The van der Waals surface area contributed by atoms with Crippen molar-refractivity contribution in [2.75, 3.05) is 36.5 Å². The zero-order valence-corrected chi connectivity index (χ0v) is 13.7. The molecule has 0 aliphatic carbocycles. The summed E-state index contributed by atoms with van der Waals surface area (Å²) in [6.45, 7) is 2.59. The Hall–Kier alpha value is -2.69. The highest BCUT2D eigenvalue weighted by Gasteiger charge is 2.38. The third-order valence-electron chi connectivity index (χ3n) is 4.47. The van der Waals surface area contributed by atoms with Crippen LogP contribution in [-0.2, 0) is 9.47 Å². The second-order valence-corrected chi connectivity index (χ2v) is 6.25. The second kappa shape index (κ2) is 7.05. The van der Waals surface area contributed by atoms with Gasteiger partial charge in [-0.15, -0.1) is 0 Å². The van der Waals surface area contributed by atoms with Crippen LogP contribution in [0.5, 0.6) is 0 Å². The van der Waals surface area contributed by atoms with Crippen LogP contribution in [0.15, 0.2) is 42.9 Å². The second-order valence-electron chi connectivity index (χ2n) is 6.25. The molecule has 7 heteroatoms. The monoisotopic (exact) mass is 337 g/mol. The first-order valence-corrected chi connectivity index (χ1v) is 8.33. The van der Waals surface area contributed by atoms with Gasteiger partial charge in [-0.05, 0) is 24.3 Å². The summed E-state index contributed by atoms with van der Waals surface area (Å²) >= 11 is 0. The third kappa shape index (κ3) is 3.55. The molecular formula is C18H19N5O2. The molecule has 2 aliphatic rings. The van der Waals surface area contributed by atoms with E-state index in [9.17, 15) is 0 Å². The summed E-state index contributed by atoms with van der Waals surface area (Å²) in [5.41, 5.74) is 1.57. The molecule has 128 valence electrons. The topological polar surface area (TPSA) is 83.3 Å². The lowest BCUT2D eigenvalue weighted by atomic mass is 10.3. The molecule has 2 fully saturated rings. The minimum atomic E-state index is 0.00763. The number of nitriles is 1. The highest BCUT2D eigenvalue weighted by Crippen LogP contribution is 2.25. The van der Waals surface area contributed by atoms with E-state index in [1.165, 1.54) is 0 Å². The Morgan fingerprint density at radius 1 is 1.16 bits per heavy atom. The lowest BCUT2D eigenvalue weighted by molar-refractivity contribution is -0.00461. The first-order valence-electron chi connectivity index (χ1n) is 8.33. The van der Waals surface area contributed by atoms with E-state index in [1.54, 1.807) is 30.7 Å². The van der Waals surface area contributed by atoms with E-state index in [0.29, 0.717) is 31.9 Å². The highest BCUT2D eigenvalue weighted by atomic mass is 16.6. The molecule has 0 saturated carbocycles. The van der Waals surface area contributed by atoms with Crippen LogP contribution < -0.4 is 10.2 Å². The Bertz CT molecular complexity index is 748. The molecule has 2 aliphatic heterocycles. The standard InChI is InChI=1S/C18H19N5O2/c19-7-13-3-5-21-18(6-13)23-9-16-17(10-23)25-12-15(11-24-16)22-14-2-1-4-20-8-14/h1-6,8,15-17,22H,9-12H2/t16-,17-/m0/s1. The van der Waals surface area contributed by atoms with E-state index < -0.39 is 0 Å². The number of hydrogen-bond acceptors (Lipinski definition) is 7. The molecule has 25 heavy (non-hydrogen) atoms. The summed E-state index contributed by atoms with van der Waals surface area (Å²) in [5, 5.41) is 12.4. The van der Waals surface area contributed by atoms with Crippen LogP contribution in [0.3, 0.4) is 0 Å². The predicted octanol–water partition coefficient (Wildman–Crippen LogP) is 1.43. The molecule has 7 nitrogen and oxygen atoms in total. The maximum Gasteiger partial charge on any atom is 0.129 e. The van der Waals surface area contributed by atoms with Crippen molar-refractivity contribution >= 4 is 11.5 Å². The maximum atomic E-state index is 9.04. The van der Waals surface area contributed by atoms with Crippen molar-refractivity contribution in [2.24, 2.45) is 0 Å². The van der Waals surface area contributed by atoms with E-state index >= 15 is 0 Å². The van der Waals surface area contributed by atoms with Gasteiger partial charge in [-0.1, -0.05) is 0 Å². The van der Waals surface area contributed by atoms with Crippen LogP contribution in [0.4, 0.5) is 11.5 Å². The van der Waals surface area contributed by atoms with Crippen LogP contribution in [0.1, 0.15) is 5.56 Å². The predicted molar refractivity (Wildman–Crippen MR) is 92.3 cm³/mol. The molecule has 2 atom stereocenters. The number of aromatic nitrogens is 2. The molecule has 0 aromatic carbocycles. The largest absolute Gasteiger partial charge is 0.376 e. The van der Waals surface area contributed by atoms with E-state index in [0.717, 1.165) is 11.5 Å². The first-order chi connectivity index (χ1) is 12.3. The SMILES string of the molecule is N#Cc1ccnc(N2C[C@@H]3OCC(Nc4cccnc4)CO[C@H]3C2)c1. The molecule has 1 N–H and O–H groups in total. The minimum absolute atomic E-state index is 0.00763. The van der Waals surface area contributed by atoms with E-state index in [2.05, 4.69) is 26.3 Å². The molecule has 4 heterocycles. The Morgan fingerprint density at radius 2 is 1.96 bits per heavy atom. The number of pyridine rings is 2. The number of fused-ring (bicyclic) bond motifs is 1. The minimum Gasteiger partial charge on any atom is -0.376 e. The number of rotatable bonds is 3. The van der Waals surface area contributed by atoms with Gasteiger partial charge in [-0.3, -0.25) is 4.98 Å². The maximum absolute atomic E-state index is 9.04. The normalized spacial score (nSPS) is 23.6. The molecule has 0 spiro atoms. The van der Waals surface area contributed by atoms with Crippen molar-refractivity contribution in [2.45, 2.75) is 18.2 Å². The number of anilines is 2. The van der Waals surface area contributed by atoms with Crippen molar-refractivity contribution in [3.05, 3.63) is 48.4 Å². The number of hydrogen-bond donors (Lipinski definition) is 1. The molecule has 0 radical (unpaired) electrons. The van der Waals surface area contributed by atoms with Crippen molar-refractivity contribution in [3.63, 3.8) is 0 Å². The summed E-state index contributed by atoms with van der Waals surface area (Å²) in [6, 6.07) is 9.64. The summed E-state index contributed by atoms with van der Waals surface area (Å²) in [4.78, 5) is 10.6. The van der Waals surface area contributed by atoms with Crippen LogP contribution >= 0.6 is 0 Å². The molecule has 0 amide bonds.